The summed E-state index contributed by atoms with van der Waals surface area (Å²) >= 11 is 0. The SMILES string of the molecule is CC(C)n1cc([C@@]2(O)CCCN(Cc3ccc(F)c(C#N)c3)C2)nn1. The van der Waals surface area contributed by atoms with Crippen molar-refractivity contribution in [2.75, 3.05) is 13.1 Å². The zero-order valence-electron chi connectivity index (χ0n) is 14.5. The molecule has 0 bridgehead atoms. The third kappa shape index (κ3) is 3.70. The molecule has 0 unspecified atom stereocenters. The van der Waals surface area contributed by atoms with Crippen LogP contribution in [0.15, 0.2) is 24.4 Å². The Morgan fingerprint density at radius 1 is 1.44 bits per heavy atom. The van der Waals surface area contributed by atoms with Gasteiger partial charge in [0.1, 0.15) is 23.2 Å². The van der Waals surface area contributed by atoms with Gasteiger partial charge in [0.05, 0.1) is 11.8 Å². The monoisotopic (exact) mass is 343 g/mol. The van der Waals surface area contributed by atoms with Crippen LogP contribution in [0.3, 0.4) is 0 Å². The van der Waals surface area contributed by atoms with Crippen molar-refractivity contribution in [1.29, 1.82) is 5.26 Å². The lowest BCUT2D eigenvalue weighted by Gasteiger charge is -2.38. The van der Waals surface area contributed by atoms with E-state index >= 15 is 0 Å². The lowest BCUT2D eigenvalue weighted by Crippen LogP contribution is -2.45. The van der Waals surface area contributed by atoms with Crippen molar-refractivity contribution in [2.45, 2.75) is 44.9 Å². The Balaban J connectivity index is 1.75. The van der Waals surface area contributed by atoms with E-state index in [0.29, 0.717) is 25.2 Å². The second kappa shape index (κ2) is 6.90. The predicted octanol–water partition coefficient (Wildman–Crippen LogP) is 2.35. The Bertz CT molecular complexity index is 797. The van der Waals surface area contributed by atoms with Gasteiger partial charge in [0.25, 0.3) is 0 Å². The summed E-state index contributed by atoms with van der Waals surface area (Å²) in [4.78, 5) is 2.10. The van der Waals surface area contributed by atoms with Crippen LogP contribution in [0, 0.1) is 17.1 Å². The zero-order chi connectivity index (χ0) is 18.0. The number of halogens is 1. The number of nitrogens with zero attached hydrogens (tertiary/aromatic N) is 5. The van der Waals surface area contributed by atoms with E-state index in [1.807, 2.05) is 19.9 Å². The molecule has 0 radical (unpaired) electrons. The average Bonchev–Trinajstić information content (AvgIpc) is 3.08. The summed E-state index contributed by atoms with van der Waals surface area (Å²) in [6.07, 6.45) is 3.27. The molecule has 132 valence electrons. The van der Waals surface area contributed by atoms with Crippen molar-refractivity contribution >= 4 is 0 Å². The van der Waals surface area contributed by atoms with E-state index < -0.39 is 11.4 Å². The number of aliphatic hydroxyl groups is 1. The maximum atomic E-state index is 13.5. The standard InChI is InChI=1S/C18H22FN5O/c1-13(2)24-11-17(21-22-24)18(25)6-3-7-23(12-18)10-14-4-5-16(19)15(8-14)9-20/h4-5,8,11,13,25H,3,6-7,10,12H2,1-2H3/t18-/m1/s1. The first-order valence-corrected chi connectivity index (χ1v) is 8.47. The normalized spacial score (nSPS) is 21.4. The maximum Gasteiger partial charge on any atom is 0.140 e. The summed E-state index contributed by atoms with van der Waals surface area (Å²) in [6.45, 7) is 5.84. The fourth-order valence-corrected chi connectivity index (χ4v) is 3.22. The largest absolute Gasteiger partial charge is 0.382 e. The van der Waals surface area contributed by atoms with Crippen LogP contribution < -0.4 is 0 Å². The van der Waals surface area contributed by atoms with Crippen molar-refractivity contribution in [2.24, 2.45) is 0 Å². The molecule has 1 aromatic carbocycles. The molecule has 7 heteroatoms. The predicted molar refractivity (Wildman–Crippen MR) is 89.9 cm³/mol. The van der Waals surface area contributed by atoms with Gasteiger partial charge >= 0.3 is 0 Å². The highest BCUT2D eigenvalue weighted by Crippen LogP contribution is 2.31. The molecule has 0 amide bonds. The van der Waals surface area contributed by atoms with E-state index in [0.717, 1.165) is 18.5 Å². The number of likely N-dealkylation sites (tertiary alicyclic amines) is 1. The molecule has 1 aromatic heterocycles. The highest BCUT2D eigenvalue weighted by atomic mass is 19.1. The van der Waals surface area contributed by atoms with Crippen LogP contribution in [-0.2, 0) is 12.1 Å². The van der Waals surface area contributed by atoms with E-state index in [1.165, 1.54) is 6.07 Å². The Hall–Kier alpha value is -2.30. The smallest absolute Gasteiger partial charge is 0.140 e. The molecule has 25 heavy (non-hydrogen) atoms. The zero-order valence-corrected chi connectivity index (χ0v) is 14.5. The van der Waals surface area contributed by atoms with Gasteiger partial charge in [-0.05, 0) is 50.9 Å². The molecule has 0 aliphatic carbocycles. The fourth-order valence-electron chi connectivity index (χ4n) is 3.22. The molecule has 1 aliphatic rings. The third-order valence-electron chi connectivity index (χ3n) is 4.62. The average molecular weight is 343 g/mol. The topological polar surface area (TPSA) is 78.0 Å². The molecule has 1 saturated heterocycles. The van der Waals surface area contributed by atoms with E-state index in [9.17, 15) is 9.50 Å². The third-order valence-corrected chi connectivity index (χ3v) is 4.62. The van der Waals surface area contributed by atoms with Gasteiger partial charge in [0.2, 0.25) is 0 Å². The molecule has 2 heterocycles. The summed E-state index contributed by atoms with van der Waals surface area (Å²) in [5.74, 6) is -0.508. The molecular weight excluding hydrogens is 321 g/mol. The lowest BCUT2D eigenvalue weighted by atomic mass is 9.89. The number of rotatable bonds is 4. The number of β-amino-alcohol motifs (C(OH)–C–C–N with tert-alkyl or cyclic N) is 1. The van der Waals surface area contributed by atoms with Crippen LogP contribution in [0.1, 0.15) is 49.6 Å². The summed E-state index contributed by atoms with van der Waals surface area (Å²) < 4.78 is 15.2. The number of hydrogen-bond acceptors (Lipinski definition) is 5. The molecule has 1 fully saturated rings. The van der Waals surface area contributed by atoms with Crippen LogP contribution in [-0.4, -0.2) is 38.1 Å². The van der Waals surface area contributed by atoms with Crippen LogP contribution >= 0.6 is 0 Å². The minimum Gasteiger partial charge on any atom is -0.382 e. The minimum absolute atomic E-state index is 0.0460. The van der Waals surface area contributed by atoms with Crippen LogP contribution in [0.4, 0.5) is 4.39 Å². The molecule has 0 spiro atoms. The number of nitriles is 1. The molecule has 1 atom stereocenters. The second-order valence-electron chi connectivity index (χ2n) is 6.95. The Morgan fingerprint density at radius 3 is 2.92 bits per heavy atom. The highest BCUT2D eigenvalue weighted by molar-refractivity contribution is 5.34. The van der Waals surface area contributed by atoms with Crippen molar-refractivity contribution in [3.63, 3.8) is 0 Å². The lowest BCUT2D eigenvalue weighted by molar-refractivity contribution is -0.0414. The van der Waals surface area contributed by atoms with Crippen molar-refractivity contribution < 1.29 is 9.50 Å². The first-order valence-electron chi connectivity index (χ1n) is 8.47. The van der Waals surface area contributed by atoms with Gasteiger partial charge in [0, 0.05) is 19.1 Å². The highest BCUT2D eigenvalue weighted by Gasteiger charge is 2.37. The molecule has 3 rings (SSSR count). The Kier molecular flexibility index (Phi) is 4.84. The van der Waals surface area contributed by atoms with Crippen molar-refractivity contribution in [3.05, 3.63) is 47.0 Å². The van der Waals surface area contributed by atoms with Gasteiger partial charge in [-0.1, -0.05) is 11.3 Å². The molecule has 1 aliphatic heterocycles. The fraction of sp³-hybridized carbons (Fsp3) is 0.500. The van der Waals surface area contributed by atoms with Crippen molar-refractivity contribution in [1.82, 2.24) is 19.9 Å². The van der Waals surface area contributed by atoms with E-state index in [4.69, 9.17) is 5.26 Å². The number of hydrogen-bond donors (Lipinski definition) is 1. The minimum atomic E-state index is -1.04. The summed E-state index contributed by atoms with van der Waals surface area (Å²) in [5.41, 5.74) is 0.448. The first kappa shape index (κ1) is 17.5. The Labute approximate surface area is 146 Å². The van der Waals surface area contributed by atoms with Crippen LogP contribution in [0.2, 0.25) is 0 Å². The summed E-state index contributed by atoms with van der Waals surface area (Å²) in [5, 5.41) is 28.3. The van der Waals surface area contributed by atoms with E-state index in [-0.39, 0.29) is 11.6 Å². The summed E-state index contributed by atoms with van der Waals surface area (Å²) in [6, 6.07) is 6.62. The van der Waals surface area contributed by atoms with Gasteiger partial charge < -0.3 is 5.11 Å². The van der Waals surface area contributed by atoms with Crippen molar-refractivity contribution in [3.8, 4) is 6.07 Å². The van der Waals surface area contributed by atoms with Crippen LogP contribution in [0.25, 0.3) is 0 Å². The van der Waals surface area contributed by atoms with Gasteiger partial charge in [0.15, 0.2) is 0 Å². The van der Waals surface area contributed by atoms with E-state index in [2.05, 4.69) is 15.2 Å². The molecule has 2 aromatic rings. The maximum absolute atomic E-state index is 13.5. The molecule has 1 N–H and O–H groups in total. The quantitative estimate of drug-likeness (QED) is 0.922. The molecule has 0 saturated carbocycles. The number of benzene rings is 1. The van der Waals surface area contributed by atoms with Gasteiger partial charge in [-0.15, -0.1) is 5.10 Å². The van der Waals surface area contributed by atoms with Gasteiger partial charge in [-0.3, -0.25) is 4.90 Å². The van der Waals surface area contributed by atoms with Crippen LogP contribution in [0.5, 0.6) is 0 Å². The Morgan fingerprint density at radius 2 is 2.24 bits per heavy atom. The van der Waals surface area contributed by atoms with Gasteiger partial charge in [-0.2, -0.15) is 5.26 Å². The molecular formula is C18H22FN5O. The summed E-state index contributed by atoms with van der Waals surface area (Å²) in [7, 11) is 0. The number of aromatic nitrogens is 3. The second-order valence-corrected chi connectivity index (χ2v) is 6.95. The van der Waals surface area contributed by atoms with E-state index in [1.54, 1.807) is 23.0 Å². The first-order chi connectivity index (χ1) is 11.9. The van der Waals surface area contributed by atoms with Gasteiger partial charge in [-0.25, -0.2) is 9.07 Å². The number of piperidine rings is 1. The molecule has 6 nitrogen and oxygen atoms in total.